The van der Waals surface area contributed by atoms with E-state index >= 15 is 0 Å². The van der Waals surface area contributed by atoms with Gasteiger partial charge in [-0.25, -0.2) is 13.8 Å². The predicted octanol–water partition coefficient (Wildman–Crippen LogP) is 4.99. The highest BCUT2D eigenvalue weighted by Crippen LogP contribution is 2.33. The molecule has 0 radical (unpaired) electrons. The van der Waals surface area contributed by atoms with E-state index in [9.17, 15) is 13.6 Å². The van der Waals surface area contributed by atoms with Gasteiger partial charge in [0.2, 0.25) is 6.93 Å². The van der Waals surface area contributed by atoms with Crippen LogP contribution < -0.4 is 11.5 Å². The van der Waals surface area contributed by atoms with E-state index in [1.165, 1.54) is 11.3 Å². The lowest BCUT2D eigenvalue weighted by atomic mass is 10.1. The van der Waals surface area contributed by atoms with Crippen molar-refractivity contribution in [3.8, 4) is 11.3 Å². The fourth-order valence-electron chi connectivity index (χ4n) is 2.01. The Bertz CT molecular complexity index is 949. The zero-order chi connectivity index (χ0) is 20.9. The van der Waals surface area contributed by atoms with E-state index < -0.39 is 12.8 Å². The van der Waals surface area contributed by atoms with E-state index in [2.05, 4.69) is 23.1 Å². The van der Waals surface area contributed by atoms with Crippen molar-refractivity contribution in [3.63, 3.8) is 0 Å². The summed E-state index contributed by atoms with van der Waals surface area (Å²) in [5.74, 6) is -0.525. The lowest BCUT2D eigenvalue weighted by Crippen LogP contribution is -2.10. The van der Waals surface area contributed by atoms with Gasteiger partial charge in [-0.3, -0.25) is 14.5 Å². The molecule has 0 aliphatic rings. The maximum Gasteiger partial charge on any atom is 0.260 e. The number of aromatic nitrogens is 2. The third-order valence-electron chi connectivity index (χ3n) is 3.16. The van der Waals surface area contributed by atoms with Crippen LogP contribution in [0.1, 0.15) is 9.67 Å². The number of amides is 1. The number of primary amides is 1. The van der Waals surface area contributed by atoms with Gasteiger partial charge in [0.1, 0.15) is 9.71 Å². The zero-order valence-corrected chi connectivity index (χ0v) is 16.2. The fourth-order valence-corrected chi connectivity index (χ4v) is 2.96. The Kier molecular flexibility index (Phi) is 12.0. The highest BCUT2D eigenvalue weighted by molar-refractivity contribution is 7.21. The number of nitrogen functional groups attached to an aromatic ring is 1. The summed E-state index contributed by atoms with van der Waals surface area (Å²) in [5.41, 5.74) is 13.3. The molecule has 29 heavy (non-hydrogen) atoms. The number of nitrogens with zero attached hydrogens (tertiary/aromatic N) is 2. The molecule has 0 aromatic carbocycles. The van der Waals surface area contributed by atoms with Gasteiger partial charge >= 0.3 is 0 Å². The average Bonchev–Trinajstić information content (AvgIpc) is 3.04. The predicted molar refractivity (Wildman–Crippen MR) is 115 cm³/mol. The highest BCUT2D eigenvalue weighted by Gasteiger charge is 2.15. The number of fused-ring (bicyclic) bond motifs is 1. The molecular weight excluding hydrogens is 401 g/mol. The smallest absolute Gasteiger partial charge is 0.260 e. The van der Waals surface area contributed by atoms with Crippen LogP contribution in [0.5, 0.6) is 0 Å². The van der Waals surface area contributed by atoms with E-state index in [1.807, 2.05) is 36.4 Å². The molecule has 3 aromatic heterocycles. The number of rotatable bonds is 4. The quantitative estimate of drug-likeness (QED) is 0.579. The molecule has 3 aromatic rings. The number of pyridine rings is 2. The number of nitrogens with two attached hydrogens (primary N) is 2. The second kappa shape index (κ2) is 13.7. The number of anilines is 1. The highest BCUT2D eigenvalue weighted by atomic mass is 32.1. The Morgan fingerprint density at radius 1 is 1.17 bits per heavy atom. The van der Waals surface area contributed by atoms with Crippen LogP contribution in [0.15, 0.2) is 74.1 Å². The van der Waals surface area contributed by atoms with Gasteiger partial charge in [0.15, 0.2) is 0 Å². The molecular formula is C20H21F3N4OS. The summed E-state index contributed by atoms with van der Waals surface area (Å²) in [5, 5.41) is 0.756. The summed E-state index contributed by atoms with van der Waals surface area (Å²) >= 11 is 1.21. The lowest BCUT2D eigenvalue weighted by Gasteiger charge is -1.99. The number of alkyl halides is 2. The summed E-state index contributed by atoms with van der Waals surface area (Å²) in [6, 6.07) is 7.47. The third-order valence-corrected chi connectivity index (χ3v) is 4.29. The number of carbonyl (C=O) groups is 1. The molecule has 0 aliphatic heterocycles. The minimum atomic E-state index is -1.75. The summed E-state index contributed by atoms with van der Waals surface area (Å²) in [6.07, 6.45) is 10.5. The number of halogens is 3. The summed E-state index contributed by atoms with van der Waals surface area (Å²) < 4.78 is 19.2. The van der Waals surface area contributed by atoms with Gasteiger partial charge in [0.25, 0.3) is 5.91 Å². The third kappa shape index (κ3) is 7.59. The lowest BCUT2D eigenvalue weighted by molar-refractivity contribution is 0.100. The molecule has 9 heteroatoms. The topological polar surface area (TPSA) is 94.9 Å². The molecule has 0 aliphatic carbocycles. The van der Waals surface area contributed by atoms with Gasteiger partial charge in [-0.05, 0) is 24.3 Å². The van der Waals surface area contributed by atoms with Crippen LogP contribution in [0.3, 0.4) is 0 Å². The second-order valence-electron chi connectivity index (χ2n) is 4.96. The molecule has 0 saturated carbocycles. The van der Waals surface area contributed by atoms with Crippen LogP contribution in [0.4, 0.5) is 19.2 Å². The standard InChI is InChI=1S/C13H10N4OS.C6H8.CH2F2.FH/c14-10-8-3-4-9(7-2-1-5-16-6-7)17-13(8)19-11(10)12(15)18;1-3-5-6-4-2;2-1-3;/h1-6H,14H2,(H2,15,18);3-6H,1-2H2;1H2;1H/b;6-5-;;. The van der Waals surface area contributed by atoms with E-state index in [1.54, 1.807) is 24.5 Å². The largest absolute Gasteiger partial charge is 0.397 e. The van der Waals surface area contributed by atoms with E-state index in [0.717, 1.165) is 16.6 Å². The Hall–Kier alpha value is -3.46. The first kappa shape index (κ1) is 25.5. The molecule has 1 amide bonds. The SMILES string of the molecule is C=C/C=C\C=C.F.FCF.NC(=O)c1sc2nc(-c3cccnc3)ccc2c1N. The molecule has 0 fully saturated rings. The number of carbonyl (C=O) groups excluding carboxylic acids is 1. The van der Waals surface area contributed by atoms with Crippen LogP contribution >= 0.6 is 11.3 Å². The van der Waals surface area contributed by atoms with Gasteiger partial charge in [-0.2, -0.15) is 0 Å². The van der Waals surface area contributed by atoms with E-state index in [4.69, 9.17) is 11.5 Å². The van der Waals surface area contributed by atoms with Crippen LogP contribution in [0.25, 0.3) is 21.5 Å². The van der Waals surface area contributed by atoms with E-state index in [0.29, 0.717) is 15.4 Å². The number of allylic oxidation sites excluding steroid dienone is 4. The maximum atomic E-state index is 11.3. The maximum absolute atomic E-state index is 11.3. The van der Waals surface area contributed by atoms with Crippen molar-refractivity contribution in [1.82, 2.24) is 9.97 Å². The summed E-state index contributed by atoms with van der Waals surface area (Å²) in [4.78, 5) is 20.9. The van der Waals surface area contributed by atoms with Gasteiger partial charge in [-0.15, -0.1) is 11.3 Å². The molecule has 5 nitrogen and oxygen atoms in total. The molecule has 154 valence electrons. The Morgan fingerprint density at radius 3 is 2.28 bits per heavy atom. The van der Waals surface area contributed by atoms with E-state index in [-0.39, 0.29) is 4.70 Å². The minimum Gasteiger partial charge on any atom is -0.397 e. The monoisotopic (exact) mass is 422 g/mol. The molecule has 0 saturated heterocycles. The van der Waals surface area contributed by atoms with Crippen LogP contribution in [0, 0.1) is 0 Å². The molecule has 4 N–H and O–H groups in total. The Balaban J connectivity index is 0.000000670. The van der Waals surface area contributed by atoms with Crippen molar-refractivity contribution in [3.05, 3.63) is 79.0 Å². The zero-order valence-electron chi connectivity index (χ0n) is 15.4. The van der Waals surface area contributed by atoms with Crippen LogP contribution in [0.2, 0.25) is 0 Å². The van der Waals surface area contributed by atoms with Gasteiger partial charge < -0.3 is 11.5 Å². The van der Waals surface area contributed by atoms with Crippen molar-refractivity contribution in [1.29, 1.82) is 0 Å². The first-order valence-corrected chi connectivity index (χ1v) is 8.73. The molecule has 0 spiro atoms. The van der Waals surface area contributed by atoms with Crippen molar-refractivity contribution < 1.29 is 18.3 Å². The van der Waals surface area contributed by atoms with Gasteiger partial charge in [0.05, 0.1) is 11.4 Å². The molecule has 0 bridgehead atoms. The summed E-state index contributed by atoms with van der Waals surface area (Å²) in [7, 11) is 0. The van der Waals surface area contributed by atoms with Crippen molar-refractivity contribution in [2.75, 3.05) is 12.7 Å². The molecule has 0 unspecified atom stereocenters. The van der Waals surface area contributed by atoms with Crippen molar-refractivity contribution >= 4 is 33.1 Å². The van der Waals surface area contributed by atoms with Gasteiger partial charge in [-0.1, -0.05) is 37.5 Å². The first-order chi connectivity index (χ1) is 13.5. The van der Waals surface area contributed by atoms with Crippen molar-refractivity contribution in [2.45, 2.75) is 0 Å². The van der Waals surface area contributed by atoms with Crippen LogP contribution in [-0.2, 0) is 0 Å². The summed E-state index contributed by atoms with van der Waals surface area (Å²) in [6.45, 7) is 5.18. The molecule has 3 rings (SSSR count). The first-order valence-electron chi connectivity index (χ1n) is 7.91. The number of thiophene rings is 1. The van der Waals surface area contributed by atoms with Gasteiger partial charge in [0, 0.05) is 23.3 Å². The number of hydrogen-bond donors (Lipinski definition) is 2. The Morgan fingerprint density at radius 2 is 1.79 bits per heavy atom. The molecule has 3 heterocycles. The average molecular weight is 422 g/mol. The Labute approximate surface area is 170 Å². The van der Waals surface area contributed by atoms with Crippen molar-refractivity contribution in [2.24, 2.45) is 5.73 Å². The molecule has 0 atom stereocenters. The fraction of sp³-hybridized carbons (Fsp3) is 0.0500. The second-order valence-corrected chi connectivity index (χ2v) is 5.96. The normalized spacial score (nSPS) is 9.45. The number of hydrogen-bond acceptors (Lipinski definition) is 5. The van der Waals surface area contributed by atoms with Crippen LogP contribution in [-0.4, -0.2) is 22.8 Å². The minimum absolute atomic E-state index is 0.